The van der Waals surface area contributed by atoms with Gasteiger partial charge in [-0.05, 0) is 35.9 Å². The van der Waals surface area contributed by atoms with E-state index in [1.54, 1.807) is 18.2 Å². The molecule has 3 aromatic rings. The van der Waals surface area contributed by atoms with Gasteiger partial charge in [0.05, 0.1) is 12.1 Å². The van der Waals surface area contributed by atoms with Crippen LogP contribution in [0.25, 0.3) is 0 Å². The summed E-state index contributed by atoms with van der Waals surface area (Å²) < 4.78 is 19.9. The highest BCUT2D eigenvalue weighted by Crippen LogP contribution is 2.32. The van der Waals surface area contributed by atoms with Crippen LogP contribution in [0.2, 0.25) is 0 Å². The van der Waals surface area contributed by atoms with Crippen molar-refractivity contribution in [1.82, 2.24) is 4.90 Å². The predicted molar refractivity (Wildman–Crippen MR) is 112 cm³/mol. The van der Waals surface area contributed by atoms with Crippen molar-refractivity contribution >= 4 is 11.6 Å². The average Bonchev–Trinajstić information content (AvgIpc) is 2.77. The number of hydrogen-bond acceptors (Lipinski definition) is 3. The summed E-state index contributed by atoms with van der Waals surface area (Å²) in [6.45, 7) is 2.62. The van der Waals surface area contributed by atoms with E-state index < -0.39 is 0 Å². The lowest BCUT2D eigenvalue weighted by molar-refractivity contribution is -0.130. The number of rotatable bonds is 5. The summed E-state index contributed by atoms with van der Waals surface area (Å²) in [5.41, 5.74) is 1.46. The minimum Gasteiger partial charge on any atom is -0.455 e. The molecule has 0 aliphatic carbocycles. The third kappa shape index (κ3) is 4.57. The second kappa shape index (κ2) is 8.78. The Hall–Kier alpha value is -3.34. The second-order valence-electron chi connectivity index (χ2n) is 7.02. The summed E-state index contributed by atoms with van der Waals surface area (Å²) in [7, 11) is 0. The SMILES string of the molecule is O=C(Cc1ccccc1F)N1CCN(c2ccccc2Oc2ccccc2)CC1. The Morgan fingerprint density at radius 2 is 1.48 bits per heavy atom. The molecule has 0 aromatic heterocycles. The van der Waals surface area contributed by atoms with Crippen LogP contribution in [0.5, 0.6) is 11.5 Å². The Balaban J connectivity index is 1.40. The van der Waals surface area contributed by atoms with E-state index in [0.29, 0.717) is 31.7 Å². The molecule has 1 fully saturated rings. The first-order chi connectivity index (χ1) is 14.2. The van der Waals surface area contributed by atoms with Crippen LogP contribution in [-0.2, 0) is 11.2 Å². The quantitative estimate of drug-likeness (QED) is 0.643. The summed E-state index contributed by atoms with van der Waals surface area (Å²) in [6, 6.07) is 24.1. The number of anilines is 1. The van der Waals surface area contributed by atoms with Crippen LogP contribution in [-0.4, -0.2) is 37.0 Å². The third-order valence-electron chi connectivity index (χ3n) is 5.11. The van der Waals surface area contributed by atoms with Crippen LogP contribution in [0.15, 0.2) is 78.9 Å². The van der Waals surface area contributed by atoms with E-state index in [4.69, 9.17) is 4.74 Å². The van der Waals surface area contributed by atoms with Crippen LogP contribution < -0.4 is 9.64 Å². The van der Waals surface area contributed by atoms with E-state index in [1.807, 2.05) is 59.5 Å². The molecule has 0 saturated carbocycles. The number of piperazine rings is 1. The molecule has 3 aromatic carbocycles. The van der Waals surface area contributed by atoms with Crippen LogP contribution in [0.1, 0.15) is 5.56 Å². The second-order valence-corrected chi connectivity index (χ2v) is 7.02. The van der Waals surface area contributed by atoms with E-state index in [0.717, 1.165) is 17.2 Å². The number of amides is 1. The maximum atomic E-state index is 13.8. The summed E-state index contributed by atoms with van der Waals surface area (Å²) in [5.74, 6) is 1.22. The average molecular weight is 390 g/mol. The smallest absolute Gasteiger partial charge is 0.227 e. The van der Waals surface area contributed by atoms with Crippen molar-refractivity contribution in [2.75, 3.05) is 31.1 Å². The number of halogens is 1. The molecule has 29 heavy (non-hydrogen) atoms. The zero-order valence-electron chi connectivity index (χ0n) is 16.1. The maximum Gasteiger partial charge on any atom is 0.227 e. The number of para-hydroxylation sites is 3. The van der Waals surface area contributed by atoms with Gasteiger partial charge in [0.15, 0.2) is 5.75 Å². The molecule has 0 radical (unpaired) electrons. The Morgan fingerprint density at radius 1 is 0.828 bits per heavy atom. The van der Waals surface area contributed by atoms with Crippen molar-refractivity contribution in [1.29, 1.82) is 0 Å². The minimum absolute atomic E-state index is 0.0384. The fourth-order valence-electron chi connectivity index (χ4n) is 3.53. The normalized spacial score (nSPS) is 14.0. The Labute approximate surface area is 170 Å². The summed E-state index contributed by atoms with van der Waals surface area (Å²) in [5, 5.41) is 0. The van der Waals surface area contributed by atoms with Crippen molar-refractivity contribution in [3.63, 3.8) is 0 Å². The molecular formula is C24H23FN2O2. The molecule has 0 spiro atoms. The van der Waals surface area contributed by atoms with Gasteiger partial charge in [-0.2, -0.15) is 0 Å². The summed E-state index contributed by atoms with van der Waals surface area (Å²) in [6.07, 6.45) is 0.0976. The van der Waals surface area contributed by atoms with E-state index in [9.17, 15) is 9.18 Å². The zero-order valence-corrected chi connectivity index (χ0v) is 16.1. The van der Waals surface area contributed by atoms with E-state index in [1.165, 1.54) is 6.07 Å². The van der Waals surface area contributed by atoms with Crippen molar-refractivity contribution in [2.45, 2.75) is 6.42 Å². The largest absolute Gasteiger partial charge is 0.455 e. The molecule has 1 aliphatic heterocycles. The van der Waals surface area contributed by atoms with Crippen LogP contribution >= 0.6 is 0 Å². The Bertz CT molecular complexity index is 969. The van der Waals surface area contributed by atoms with Crippen molar-refractivity contribution in [2.24, 2.45) is 0 Å². The number of ether oxygens (including phenoxy) is 1. The molecule has 0 unspecified atom stereocenters. The Kier molecular flexibility index (Phi) is 5.75. The third-order valence-corrected chi connectivity index (χ3v) is 5.11. The van der Waals surface area contributed by atoms with Crippen LogP contribution in [0, 0.1) is 5.82 Å². The fourth-order valence-corrected chi connectivity index (χ4v) is 3.53. The molecule has 0 atom stereocenters. The van der Waals surface area contributed by atoms with Gasteiger partial charge in [-0.3, -0.25) is 4.79 Å². The van der Waals surface area contributed by atoms with Gasteiger partial charge < -0.3 is 14.5 Å². The summed E-state index contributed by atoms with van der Waals surface area (Å²) >= 11 is 0. The number of hydrogen-bond donors (Lipinski definition) is 0. The highest BCUT2D eigenvalue weighted by Gasteiger charge is 2.23. The molecule has 4 rings (SSSR count). The molecule has 148 valence electrons. The first-order valence-corrected chi connectivity index (χ1v) is 9.79. The van der Waals surface area contributed by atoms with Gasteiger partial charge in [-0.25, -0.2) is 4.39 Å². The zero-order chi connectivity index (χ0) is 20.1. The van der Waals surface area contributed by atoms with Crippen LogP contribution in [0.4, 0.5) is 10.1 Å². The van der Waals surface area contributed by atoms with Gasteiger partial charge in [0.25, 0.3) is 0 Å². The molecule has 1 saturated heterocycles. The fraction of sp³-hybridized carbons (Fsp3) is 0.208. The lowest BCUT2D eigenvalue weighted by atomic mass is 10.1. The highest BCUT2D eigenvalue weighted by atomic mass is 19.1. The van der Waals surface area contributed by atoms with Gasteiger partial charge >= 0.3 is 0 Å². The first-order valence-electron chi connectivity index (χ1n) is 9.79. The number of nitrogens with zero attached hydrogens (tertiary/aromatic N) is 2. The molecule has 1 heterocycles. The van der Waals surface area contributed by atoms with E-state index in [2.05, 4.69) is 4.90 Å². The molecular weight excluding hydrogens is 367 g/mol. The standard InChI is InChI=1S/C24H23FN2O2/c25-21-11-5-4-8-19(21)18-24(28)27-16-14-26(15-17-27)22-12-6-7-13-23(22)29-20-9-2-1-3-10-20/h1-13H,14-18H2. The highest BCUT2D eigenvalue weighted by molar-refractivity contribution is 5.79. The minimum atomic E-state index is -0.327. The maximum absolute atomic E-state index is 13.8. The van der Waals surface area contributed by atoms with Crippen molar-refractivity contribution in [3.8, 4) is 11.5 Å². The first kappa shape index (κ1) is 19.0. The summed E-state index contributed by atoms with van der Waals surface area (Å²) in [4.78, 5) is 16.6. The molecule has 1 amide bonds. The molecule has 4 nitrogen and oxygen atoms in total. The lowest BCUT2D eigenvalue weighted by Gasteiger charge is -2.36. The van der Waals surface area contributed by atoms with Gasteiger partial charge in [-0.15, -0.1) is 0 Å². The molecule has 5 heteroatoms. The van der Waals surface area contributed by atoms with Crippen molar-refractivity contribution < 1.29 is 13.9 Å². The van der Waals surface area contributed by atoms with Crippen molar-refractivity contribution in [3.05, 3.63) is 90.2 Å². The molecule has 1 aliphatic rings. The number of benzene rings is 3. The monoisotopic (exact) mass is 390 g/mol. The Morgan fingerprint density at radius 3 is 2.24 bits per heavy atom. The van der Waals surface area contributed by atoms with Gasteiger partial charge in [-0.1, -0.05) is 48.5 Å². The topological polar surface area (TPSA) is 32.8 Å². The van der Waals surface area contributed by atoms with Gasteiger partial charge in [0.1, 0.15) is 11.6 Å². The predicted octanol–water partition coefficient (Wildman–Crippen LogP) is 4.51. The van der Waals surface area contributed by atoms with Crippen LogP contribution in [0.3, 0.4) is 0 Å². The number of carbonyl (C=O) groups excluding carboxylic acids is 1. The van der Waals surface area contributed by atoms with Gasteiger partial charge in [0, 0.05) is 26.2 Å². The van der Waals surface area contributed by atoms with E-state index >= 15 is 0 Å². The molecule has 0 bridgehead atoms. The van der Waals surface area contributed by atoms with E-state index in [-0.39, 0.29) is 18.1 Å². The molecule has 0 N–H and O–H groups in total. The lowest BCUT2D eigenvalue weighted by Crippen LogP contribution is -2.49. The van der Waals surface area contributed by atoms with Gasteiger partial charge in [0.2, 0.25) is 5.91 Å². The number of carbonyl (C=O) groups is 1.